The van der Waals surface area contributed by atoms with E-state index in [2.05, 4.69) is 11.2 Å². The molecule has 1 atom stereocenters. The molecule has 3 aromatic carbocycles. The zero-order chi connectivity index (χ0) is 23.8. The summed E-state index contributed by atoms with van der Waals surface area (Å²) in [4.78, 5) is 30.4. The molecule has 6 heteroatoms. The summed E-state index contributed by atoms with van der Waals surface area (Å²) in [5, 5.41) is 17.1. The molecule has 0 aliphatic rings. The molecule has 0 bridgehead atoms. The fraction of sp³-hybridized carbons (Fsp3) is 0.370. The molecule has 1 unspecified atom stereocenters. The van der Waals surface area contributed by atoms with Crippen LogP contribution in [0.15, 0.2) is 59.8 Å². The van der Waals surface area contributed by atoms with Gasteiger partial charge in [0.15, 0.2) is 0 Å². The number of aliphatic hydroxyl groups excluding tert-OH is 1. The lowest BCUT2D eigenvalue weighted by Crippen LogP contribution is -2.32. The maximum atomic E-state index is 12.8. The van der Waals surface area contributed by atoms with Crippen LogP contribution in [-0.2, 0) is 19.2 Å². The quantitative estimate of drug-likeness (QED) is 0.150. The summed E-state index contributed by atoms with van der Waals surface area (Å²) in [5.74, 6) is -1.37. The number of fused-ring (bicyclic) bond motifs is 2. The van der Waals surface area contributed by atoms with Gasteiger partial charge in [0.25, 0.3) is 0 Å². The third-order valence-corrected chi connectivity index (χ3v) is 5.75. The van der Waals surface area contributed by atoms with Crippen molar-refractivity contribution in [1.82, 2.24) is 0 Å². The number of benzene rings is 3. The molecule has 0 aliphatic heterocycles. The molecule has 33 heavy (non-hydrogen) atoms. The molecular formula is C27H31NO5. The summed E-state index contributed by atoms with van der Waals surface area (Å²) in [6.07, 6.45) is 3.22. The van der Waals surface area contributed by atoms with Crippen LogP contribution in [0.3, 0.4) is 0 Å². The number of hydrogen-bond donors (Lipinski definition) is 1. The number of carbonyl (C=O) groups is 2. The number of ether oxygens (including phenoxy) is 1. The first-order valence-corrected chi connectivity index (χ1v) is 11.3. The van der Waals surface area contributed by atoms with Gasteiger partial charge in [0.2, 0.25) is 0 Å². The third kappa shape index (κ3) is 5.96. The summed E-state index contributed by atoms with van der Waals surface area (Å²) in [5.41, 5.74) is -0.0540. The molecule has 6 nitrogen and oxygen atoms in total. The van der Waals surface area contributed by atoms with Crippen molar-refractivity contribution in [2.75, 3.05) is 13.2 Å². The van der Waals surface area contributed by atoms with Crippen molar-refractivity contribution in [2.24, 2.45) is 16.5 Å². The van der Waals surface area contributed by atoms with Gasteiger partial charge in [-0.05, 0) is 54.3 Å². The SMILES string of the molecule is CCCC(CC(C)(C)C(=O)O/N=C/c1c2ccccc2cc2ccccc12)C(=O)OCCO. The van der Waals surface area contributed by atoms with Crippen molar-refractivity contribution in [3.05, 3.63) is 60.2 Å². The Kier molecular flexibility index (Phi) is 8.17. The molecule has 0 saturated heterocycles. The number of aliphatic hydroxyl groups is 1. The highest BCUT2D eigenvalue weighted by molar-refractivity contribution is 6.13. The van der Waals surface area contributed by atoms with Crippen LogP contribution in [0.2, 0.25) is 0 Å². The average Bonchev–Trinajstić information content (AvgIpc) is 2.81. The Bertz CT molecular complexity index is 1100. The van der Waals surface area contributed by atoms with Gasteiger partial charge >= 0.3 is 11.9 Å². The van der Waals surface area contributed by atoms with Crippen LogP contribution in [0.5, 0.6) is 0 Å². The Morgan fingerprint density at radius 2 is 1.67 bits per heavy atom. The molecule has 0 aliphatic carbocycles. The highest BCUT2D eigenvalue weighted by Gasteiger charge is 2.36. The normalized spacial score (nSPS) is 12.8. The molecule has 0 saturated carbocycles. The molecule has 0 spiro atoms. The Balaban J connectivity index is 1.78. The standard InChI is InChI=1S/C27H31NO5/c1-4-9-21(25(30)32-15-14-29)17-27(2,3)26(31)33-28-18-24-22-12-7-5-10-19(22)16-20-11-6-8-13-23(20)24/h5-8,10-13,16,18,21,29H,4,9,14-15,17H2,1-3H3/b28-18+. The Labute approximate surface area is 194 Å². The van der Waals surface area contributed by atoms with Crippen molar-refractivity contribution in [1.29, 1.82) is 0 Å². The van der Waals surface area contributed by atoms with Gasteiger partial charge in [0.1, 0.15) is 6.61 Å². The van der Waals surface area contributed by atoms with Crippen molar-refractivity contribution in [3.8, 4) is 0 Å². The van der Waals surface area contributed by atoms with E-state index >= 15 is 0 Å². The fourth-order valence-electron chi connectivity index (χ4n) is 4.05. The number of carbonyl (C=O) groups excluding carboxylic acids is 2. The van der Waals surface area contributed by atoms with E-state index in [1.165, 1.54) is 0 Å². The number of esters is 1. The first-order chi connectivity index (χ1) is 15.9. The minimum absolute atomic E-state index is 0.0484. The number of hydrogen-bond acceptors (Lipinski definition) is 6. The van der Waals surface area contributed by atoms with Gasteiger partial charge in [-0.25, -0.2) is 4.79 Å². The van der Waals surface area contributed by atoms with E-state index in [-0.39, 0.29) is 19.6 Å². The molecule has 0 heterocycles. The van der Waals surface area contributed by atoms with Crippen LogP contribution in [0.1, 0.15) is 45.6 Å². The van der Waals surface area contributed by atoms with Crippen LogP contribution in [-0.4, -0.2) is 36.5 Å². The minimum atomic E-state index is -0.934. The summed E-state index contributed by atoms with van der Waals surface area (Å²) >= 11 is 0. The second-order valence-electron chi connectivity index (χ2n) is 8.81. The Hall–Kier alpha value is -3.25. The van der Waals surface area contributed by atoms with Gasteiger partial charge < -0.3 is 14.7 Å². The first kappa shape index (κ1) is 24.4. The van der Waals surface area contributed by atoms with Crippen LogP contribution < -0.4 is 0 Å². The molecule has 0 fully saturated rings. The van der Waals surface area contributed by atoms with Crippen LogP contribution >= 0.6 is 0 Å². The van der Waals surface area contributed by atoms with E-state index in [0.29, 0.717) is 6.42 Å². The summed E-state index contributed by atoms with van der Waals surface area (Å²) < 4.78 is 5.08. The number of nitrogens with zero attached hydrogens (tertiary/aromatic N) is 1. The van der Waals surface area contributed by atoms with E-state index < -0.39 is 23.3 Å². The lowest BCUT2D eigenvalue weighted by Gasteiger charge is -2.25. The molecule has 0 amide bonds. The zero-order valence-corrected chi connectivity index (χ0v) is 19.4. The zero-order valence-electron chi connectivity index (χ0n) is 19.4. The van der Waals surface area contributed by atoms with E-state index in [1.54, 1.807) is 20.1 Å². The third-order valence-electron chi connectivity index (χ3n) is 5.75. The van der Waals surface area contributed by atoms with Gasteiger partial charge in [-0.2, -0.15) is 0 Å². The van der Waals surface area contributed by atoms with Gasteiger partial charge in [0.05, 0.1) is 24.2 Å². The van der Waals surface area contributed by atoms with E-state index in [9.17, 15) is 9.59 Å². The molecule has 0 aromatic heterocycles. The second-order valence-corrected chi connectivity index (χ2v) is 8.81. The van der Waals surface area contributed by atoms with E-state index in [1.807, 2.05) is 55.5 Å². The molecule has 174 valence electrons. The highest BCUT2D eigenvalue weighted by Crippen LogP contribution is 2.31. The fourth-order valence-corrected chi connectivity index (χ4v) is 4.05. The molecule has 0 radical (unpaired) electrons. The smallest absolute Gasteiger partial charge is 0.340 e. The summed E-state index contributed by atoms with van der Waals surface area (Å²) in [7, 11) is 0. The topological polar surface area (TPSA) is 85.2 Å². The average molecular weight is 450 g/mol. The molecule has 3 rings (SSSR count). The van der Waals surface area contributed by atoms with E-state index in [4.69, 9.17) is 14.7 Å². The summed E-state index contributed by atoms with van der Waals surface area (Å²) in [6, 6.07) is 18.1. The van der Waals surface area contributed by atoms with Gasteiger partial charge in [-0.15, -0.1) is 0 Å². The highest BCUT2D eigenvalue weighted by atomic mass is 16.7. The molecular weight excluding hydrogens is 418 g/mol. The second kappa shape index (κ2) is 11.1. The predicted molar refractivity (Wildman–Crippen MR) is 130 cm³/mol. The monoisotopic (exact) mass is 449 g/mol. The van der Waals surface area contributed by atoms with Crippen LogP contribution in [0, 0.1) is 11.3 Å². The maximum absolute atomic E-state index is 12.8. The van der Waals surface area contributed by atoms with Crippen molar-refractivity contribution >= 4 is 39.7 Å². The van der Waals surface area contributed by atoms with Crippen molar-refractivity contribution in [3.63, 3.8) is 0 Å². The van der Waals surface area contributed by atoms with E-state index in [0.717, 1.165) is 33.5 Å². The van der Waals surface area contributed by atoms with Crippen LogP contribution in [0.4, 0.5) is 0 Å². The molecule has 3 aromatic rings. The lowest BCUT2D eigenvalue weighted by atomic mass is 9.81. The number of oxime groups is 1. The van der Waals surface area contributed by atoms with Crippen LogP contribution in [0.25, 0.3) is 21.5 Å². The van der Waals surface area contributed by atoms with Gasteiger partial charge in [-0.3, -0.25) is 4.79 Å². The lowest BCUT2D eigenvalue weighted by molar-refractivity contribution is -0.158. The summed E-state index contributed by atoms with van der Waals surface area (Å²) in [6.45, 7) is 5.16. The van der Waals surface area contributed by atoms with Gasteiger partial charge in [-0.1, -0.05) is 67.0 Å². The minimum Gasteiger partial charge on any atom is -0.463 e. The number of rotatable bonds is 10. The first-order valence-electron chi connectivity index (χ1n) is 11.3. The maximum Gasteiger partial charge on any atom is 0.340 e. The van der Waals surface area contributed by atoms with Gasteiger partial charge in [0, 0.05) is 5.56 Å². The van der Waals surface area contributed by atoms with Crippen molar-refractivity contribution in [2.45, 2.75) is 40.0 Å². The Morgan fingerprint density at radius 1 is 1.06 bits per heavy atom. The molecule has 1 N–H and O–H groups in total. The largest absolute Gasteiger partial charge is 0.463 e. The predicted octanol–water partition coefficient (Wildman–Crippen LogP) is 5.24. The Morgan fingerprint density at radius 3 is 2.24 bits per heavy atom. The van der Waals surface area contributed by atoms with Crippen molar-refractivity contribution < 1.29 is 24.3 Å².